The molecule has 0 radical (unpaired) electrons. The predicted octanol–water partition coefficient (Wildman–Crippen LogP) is -0.229. The Bertz CT molecular complexity index is 459. The van der Waals surface area contributed by atoms with E-state index in [2.05, 4.69) is 10.1 Å². The lowest BCUT2D eigenvalue weighted by Gasteiger charge is -2.10. The Balaban J connectivity index is 2.62. The molecule has 1 amide bonds. The number of amides is 1. The fourth-order valence-electron chi connectivity index (χ4n) is 1.17. The third-order valence-corrected chi connectivity index (χ3v) is 2.60. The van der Waals surface area contributed by atoms with Crippen LogP contribution in [0.1, 0.15) is 18.0 Å². The SMILES string of the molecule is NC(=O)C=NOCC(CC(=O)O)c1csc(N)n1. The molecule has 0 saturated heterocycles. The standard InChI is InChI=1S/C9H12N4O4S/c10-7(14)2-12-17-3-5(1-8(15)16)6-4-18-9(11)13-6/h2,4-5H,1,3H2,(H2,10,14)(H2,11,13)(H,15,16). The number of nitrogens with two attached hydrogens (primary N) is 2. The van der Waals surface area contributed by atoms with Gasteiger partial charge in [0.05, 0.1) is 12.1 Å². The lowest BCUT2D eigenvalue weighted by Crippen LogP contribution is -2.14. The number of carboxylic acid groups (broad SMARTS) is 1. The van der Waals surface area contributed by atoms with Crippen LogP contribution < -0.4 is 11.5 Å². The number of anilines is 1. The van der Waals surface area contributed by atoms with Crippen molar-refractivity contribution in [2.75, 3.05) is 12.3 Å². The van der Waals surface area contributed by atoms with Gasteiger partial charge in [-0.3, -0.25) is 9.59 Å². The van der Waals surface area contributed by atoms with Gasteiger partial charge in [-0.1, -0.05) is 5.16 Å². The number of rotatable bonds is 7. The minimum Gasteiger partial charge on any atom is -0.481 e. The molecule has 5 N–H and O–H groups in total. The van der Waals surface area contributed by atoms with Gasteiger partial charge in [0.1, 0.15) is 12.8 Å². The summed E-state index contributed by atoms with van der Waals surface area (Å²) >= 11 is 1.21. The van der Waals surface area contributed by atoms with Crippen molar-refractivity contribution in [2.45, 2.75) is 12.3 Å². The second-order valence-corrected chi connectivity index (χ2v) is 4.23. The van der Waals surface area contributed by atoms with E-state index in [9.17, 15) is 9.59 Å². The van der Waals surface area contributed by atoms with Crippen molar-refractivity contribution in [1.82, 2.24) is 4.98 Å². The Hall–Kier alpha value is -2.16. The molecular weight excluding hydrogens is 260 g/mol. The maximum atomic E-state index is 10.7. The molecule has 1 atom stereocenters. The lowest BCUT2D eigenvalue weighted by molar-refractivity contribution is -0.137. The van der Waals surface area contributed by atoms with E-state index in [1.807, 2.05) is 0 Å². The highest BCUT2D eigenvalue weighted by molar-refractivity contribution is 7.13. The molecule has 0 aliphatic heterocycles. The van der Waals surface area contributed by atoms with E-state index >= 15 is 0 Å². The Labute approximate surface area is 106 Å². The maximum absolute atomic E-state index is 10.7. The molecule has 0 aromatic carbocycles. The maximum Gasteiger partial charge on any atom is 0.304 e. The van der Waals surface area contributed by atoms with E-state index in [0.29, 0.717) is 10.8 Å². The monoisotopic (exact) mass is 272 g/mol. The van der Waals surface area contributed by atoms with Crippen LogP contribution in [0.25, 0.3) is 0 Å². The smallest absolute Gasteiger partial charge is 0.304 e. The average molecular weight is 272 g/mol. The molecule has 0 spiro atoms. The van der Waals surface area contributed by atoms with E-state index in [0.717, 1.165) is 6.21 Å². The van der Waals surface area contributed by atoms with Crippen LogP contribution in [0.4, 0.5) is 5.13 Å². The number of aromatic nitrogens is 1. The van der Waals surface area contributed by atoms with Crippen LogP contribution >= 0.6 is 11.3 Å². The van der Waals surface area contributed by atoms with E-state index in [4.69, 9.17) is 21.4 Å². The first-order valence-electron chi connectivity index (χ1n) is 4.86. The van der Waals surface area contributed by atoms with Crippen LogP contribution in [0.3, 0.4) is 0 Å². The molecule has 0 saturated carbocycles. The number of oxime groups is 1. The number of thiazole rings is 1. The zero-order chi connectivity index (χ0) is 13.5. The number of hydrogen-bond donors (Lipinski definition) is 3. The highest BCUT2D eigenvalue weighted by atomic mass is 32.1. The molecule has 0 aliphatic carbocycles. The minimum absolute atomic E-state index is 0.0285. The van der Waals surface area contributed by atoms with Crippen molar-refractivity contribution in [3.63, 3.8) is 0 Å². The van der Waals surface area contributed by atoms with Crippen molar-refractivity contribution in [3.05, 3.63) is 11.1 Å². The van der Waals surface area contributed by atoms with Gasteiger partial charge in [0, 0.05) is 11.3 Å². The molecule has 1 rings (SSSR count). The molecule has 1 heterocycles. The fourth-order valence-corrected chi connectivity index (χ4v) is 1.81. The second-order valence-electron chi connectivity index (χ2n) is 3.34. The number of hydrogen-bond acceptors (Lipinski definition) is 7. The molecule has 0 aliphatic rings. The van der Waals surface area contributed by atoms with Gasteiger partial charge in [-0.25, -0.2) is 4.98 Å². The van der Waals surface area contributed by atoms with Gasteiger partial charge in [-0.05, 0) is 0 Å². The van der Waals surface area contributed by atoms with E-state index in [1.54, 1.807) is 5.38 Å². The normalized spacial score (nSPS) is 12.4. The summed E-state index contributed by atoms with van der Waals surface area (Å²) in [6, 6.07) is 0. The van der Waals surface area contributed by atoms with Gasteiger partial charge < -0.3 is 21.4 Å². The molecule has 0 fully saturated rings. The number of nitrogen functional groups attached to an aromatic ring is 1. The summed E-state index contributed by atoms with van der Waals surface area (Å²) < 4.78 is 0. The van der Waals surface area contributed by atoms with Crippen molar-refractivity contribution < 1.29 is 19.5 Å². The Morgan fingerprint density at radius 3 is 2.89 bits per heavy atom. The summed E-state index contributed by atoms with van der Waals surface area (Å²) in [5.41, 5.74) is 10.8. The number of carbonyl (C=O) groups excluding carboxylic acids is 1. The fraction of sp³-hybridized carbons (Fsp3) is 0.333. The largest absolute Gasteiger partial charge is 0.481 e. The molecule has 1 aromatic rings. The quantitative estimate of drug-likeness (QED) is 0.462. The number of nitrogens with zero attached hydrogens (tertiary/aromatic N) is 2. The van der Waals surface area contributed by atoms with Gasteiger partial charge >= 0.3 is 5.97 Å². The average Bonchev–Trinajstić information content (AvgIpc) is 2.68. The molecular formula is C9H12N4O4S. The van der Waals surface area contributed by atoms with Gasteiger partial charge in [0.15, 0.2) is 5.13 Å². The van der Waals surface area contributed by atoms with Crippen LogP contribution in [0.2, 0.25) is 0 Å². The number of carbonyl (C=O) groups is 2. The molecule has 1 aromatic heterocycles. The van der Waals surface area contributed by atoms with Crippen molar-refractivity contribution in [1.29, 1.82) is 0 Å². The Morgan fingerprint density at radius 2 is 2.39 bits per heavy atom. The Kier molecular flexibility index (Phi) is 5.06. The zero-order valence-electron chi connectivity index (χ0n) is 9.28. The van der Waals surface area contributed by atoms with Gasteiger partial charge in [0.2, 0.25) is 0 Å². The van der Waals surface area contributed by atoms with Gasteiger partial charge in [-0.15, -0.1) is 11.3 Å². The molecule has 9 heteroatoms. The summed E-state index contributed by atoms with van der Waals surface area (Å²) in [7, 11) is 0. The summed E-state index contributed by atoms with van der Waals surface area (Å²) in [6.07, 6.45) is 0.627. The number of aliphatic carboxylic acids is 1. The molecule has 0 bridgehead atoms. The molecule has 98 valence electrons. The zero-order valence-corrected chi connectivity index (χ0v) is 10.1. The molecule has 8 nitrogen and oxygen atoms in total. The highest BCUT2D eigenvalue weighted by Crippen LogP contribution is 2.23. The molecule has 18 heavy (non-hydrogen) atoms. The van der Waals surface area contributed by atoms with Crippen LogP contribution in [0.5, 0.6) is 0 Å². The second kappa shape index (κ2) is 6.55. The van der Waals surface area contributed by atoms with Crippen molar-refractivity contribution in [2.24, 2.45) is 10.9 Å². The van der Waals surface area contributed by atoms with E-state index < -0.39 is 17.8 Å². The first kappa shape index (κ1) is 13.9. The van der Waals surface area contributed by atoms with E-state index in [1.165, 1.54) is 11.3 Å². The summed E-state index contributed by atoms with van der Waals surface area (Å²) in [5.74, 6) is -2.22. The van der Waals surface area contributed by atoms with Crippen molar-refractivity contribution in [3.8, 4) is 0 Å². The lowest BCUT2D eigenvalue weighted by atomic mass is 10.0. The van der Waals surface area contributed by atoms with Crippen LogP contribution in [0.15, 0.2) is 10.5 Å². The Morgan fingerprint density at radius 1 is 1.67 bits per heavy atom. The third-order valence-electron chi connectivity index (χ3n) is 1.91. The number of primary amides is 1. The van der Waals surface area contributed by atoms with Crippen LogP contribution in [-0.4, -0.2) is 34.8 Å². The first-order chi connectivity index (χ1) is 8.49. The van der Waals surface area contributed by atoms with Gasteiger partial charge in [-0.2, -0.15) is 0 Å². The molecule has 1 unspecified atom stereocenters. The summed E-state index contributed by atoms with van der Waals surface area (Å²) in [4.78, 5) is 29.9. The highest BCUT2D eigenvalue weighted by Gasteiger charge is 2.19. The third kappa shape index (κ3) is 4.78. The minimum atomic E-state index is -0.992. The summed E-state index contributed by atoms with van der Waals surface area (Å²) in [5, 5.41) is 14.1. The van der Waals surface area contributed by atoms with Crippen molar-refractivity contribution >= 4 is 34.6 Å². The first-order valence-corrected chi connectivity index (χ1v) is 5.74. The van der Waals surface area contributed by atoms with Crippen LogP contribution in [0, 0.1) is 0 Å². The number of carboxylic acids is 1. The van der Waals surface area contributed by atoms with E-state index in [-0.39, 0.29) is 13.0 Å². The van der Waals surface area contributed by atoms with Gasteiger partial charge in [0.25, 0.3) is 5.91 Å². The predicted molar refractivity (Wildman–Crippen MR) is 65.2 cm³/mol. The summed E-state index contributed by atoms with van der Waals surface area (Å²) in [6.45, 7) is -0.0285. The topological polar surface area (TPSA) is 141 Å². The van der Waals surface area contributed by atoms with Crippen LogP contribution in [-0.2, 0) is 14.4 Å².